The minimum absolute atomic E-state index is 0.110. The van der Waals surface area contributed by atoms with Gasteiger partial charge in [-0.1, -0.05) is 40.5 Å². The van der Waals surface area contributed by atoms with Crippen molar-refractivity contribution in [3.63, 3.8) is 0 Å². The summed E-state index contributed by atoms with van der Waals surface area (Å²) in [6.45, 7) is 10.3. The molecule has 4 fully saturated rings. The average Bonchev–Trinajstić information content (AvgIpc) is 4.05. The Morgan fingerprint density at radius 3 is 2.41 bits per heavy atom. The molecule has 2 bridgehead atoms. The summed E-state index contributed by atoms with van der Waals surface area (Å²) in [6, 6.07) is 2.71. The number of nitrogens with zero attached hydrogens (tertiary/aromatic N) is 3. The molecule has 7 rings (SSSR count). The van der Waals surface area contributed by atoms with Crippen LogP contribution < -0.4 is 24.8 Å². The van der Waals surface area contributed by atoms with Crippen molar-refractivity contribution in [2.24, 2.45) is 23.2 Å². The first-order valence-corrected chi connectivity index (χ1v) is 23.1. The number of nitrogens with one attached hydrogen (secondary N) is 3. The predicted octanol–water partition coefficient (Wildman–Crippen LogP) is 5.58. The Morgan fingerprint density at radius 1 is 1.05 bits per heavy atom. The highest BCUT2D eigenvalue weighted by Gasteiger charge is 2.68. The molecule has 3 heterocycles. The van der Waals surface area contributed by atoms with Crippen LogP contribution in [-0.2, 0) is 35.6 Å². The molecule has 2 aliphatic heterocycles. The molecule has 18 heteroatoms. The quantitative estimate of drug-likeness (QED) is 0.300. The van der Waals surface area contributed by atoms with E-state index in [0.717, 1.165) is 38.5 Å². The van der Waals surface area contributed by atoms with E-state index in [9.17, 15) is 31.6 Å². The maximum absolute atomic E-state index is 15.1. The summed E-state index contributed by atoms with van der Waals surface area (Å²) >= 11 is 0. The van der Waals surface area contributed by atoms with Crippen molar-refractivity contribution in [3.8, 4) is 11.6 Å². The number of sulfonamides is 1. The van der Waals surface area contributed by atoms with Crippen molar-refractivity contribution >= 4 is 44.9 Å². The molecule has 3 aliphatic carbocycles. The van der Waals surface area contributed by atoms with Gasteiger partial charge in [0.1, 0.15) is 40.8 Å². The van der Waals surface area contributed by atoms with Crippen molar-refractivity contribution in [2.45, 2.75) is 159 Å². The number of aromatic nitrogens is 2. The number of alkyl carbamates (subject to hydrolysis) is 1. The van der Waals surface area contributed by atoms with Gasteiger partial charge < -0.3 is 29.7 Å². The molecule has 3 N–H and O–H groups in total. The topological polar surface area (TPSA) is 195 Å². The predicted molar refractivity (Wildman–Crippen MR) is 220 cm³/mol. The van der Waals surface area contributed by atoms with Gasteiger partial charge in [0.15, 0.2) is 0 Å². The van der Waals surface area contributed by atoms with E-state index in [-0.39, 0.29) is 24.8 Å². The summed E-state index contributed by atoms with van der Waals surface area (Å²) < 4.78 is 74.2. The summed E-state index contributed by atoms with van der Waals surface area (Å²) in [5.41, 5.74) is -2.22. The zero-order valence-electron chi connectivity index (χ0n) is 36.1. The number of carbonyl (C=O) groups is 4. The Bertz CT molecular complexity index is 2170. The summed E-state index contributed by atoms with van der Waals surface area (Å²) in [7, 11) is -2.71. The number of hydrogen-bond donors (Lipinski definition) is 3. The van der Waals surface area contributed by atoms with E-state index < -0.39 is 98.0 Å². The molecule has 1 aromatic carbocycles. The molecule has 1 aromatic heterocycles. The molecule has 61 heavy (non-hydrogen) atoms. The number of benzene rings is 1. The largest absolute Gasteiger partial charge is 0.497 e. The van der Waals surface area contributed by atoms with Gasteiger partial charge in [0.2, 0.25) is 34.1 Å². The van der Waals surface area contributed by atoms with Crippen LogP contribution in [-0.4, -0.2) is 101 Å². The molecule has 4 amide bonds. The molecular formula is C43H60F2N6O9S. The fourth-order valence-electron chi connectivity index (χ4n) is 9.59. The van der Waals surface area contributed by atoms with Gasteiger partial charge in [0.05, 0.1) is 35.4 Å². The van der Waals surface area contributed by atoms with Crippen molar-refractivity contribution in [3.05, 3.63) is 23.9 Å². The normalized spacial score (nSPS) is 31.7. The van der Waals surface area contributed by atoms with E-state index in [2.05, 4.69) is 10.6 Å². The van der Waals surface area contributed by atoms with Gasteiger partial charge in [-0.3, -0.25) is 19.1 Å². The van der Waals surface area contributed by atoms with Crippen molar-refractivity contribution in [1.82, 2.24) is 30.2 Å². The van der Waals surface area contributed by atoms with Crippen molar-refractivity contribution < 1.29 is 50.6 Å². The fraction of sp³-hybridized carbons (Fsp3) is 0.721. The van der Waals surface area contributed by atoms with Crippen LogP contribution in [0.25, 0.3) is 11.0 Å². The molecule has 5 aliphatic rings. The van der Waals surface area contributed by atoms with Crippen LogP contribution in [0.15, 0.2) is 18.2 Å². The lowest BCUT2D eigenvalue weighted by Gasteiger charge is -2.37. The molecule has 0 radical (unpaired) electrons. The van der Waals surface area contributed by atoms with Crippen LogP contribution in [0.1, 0.15) is 118 Å². The number of ether oxygens (including phenoxy) is 3. The van der Waals surface area contributed by atoms with Gasteiger partial charge in [-0.25, -0.2) is 32.0 Å². The van der Waals surface area contributed by atoms with E-state index in [0.29, 0.717) is 48.2 Å². The Hall–Kier alpha value is -4.35. The maximum Gasteiger partial charge on any atom is 0.408 e. The highest BCUT2D eigenvalue weighted by Crippen LogP contribution is 2.50. The van der Waals surface area contributed by atoms with E-state index >= 15 is 4.79 Å². The lowest BCUT2D eigenvalue weighted by molar-refractivity contribution is -0.144. The second-order valence-corrected chi connectivity index (χ2v) is 21.5. The summed E-state index contributed by atoms with van der Waals surface area (Å²) in [5.74, 6) is -4.42. The highest BCUT2D eigenvalue weighted by molar-refractivity contribution is 7.91. The molecule has 8 atom stereocenters. The van der Waals surface area contributed by atoms with Crippen molar-refractivity contribution in [2.75, 3.05) is 13.7 Å². The van der Waals surface area contributed by atoms with Gasteiger partial charge in [0.25, 0.3) is 5.91 Å². The number of halogens is 2. The van der Waals surface area contributed by atoms with Crippen molar-refractivity contribution in [1.29, 1.82) is 0 Å². The third kappa shape index (κ3) is 8.70. The second kappa shape index (κ2) is 16.4. The number of alkyl halides is 2. The van der Waals surface area contributed by atoms with Crippen LogP contribution in [0.4, 0.5) is 13.6 Å². The molecule has 2 aromatic rings. The zero-order chi connectivity index (χ0) is 44.3. The summed E-state index contributed by atoms with van der Waals surface area (Å²) in [6.07, 6.45) is 1.92. The minimum atomic E-state index is -4.25. The third-order valence-corrected chi connectivity index (χ3v) is 16.1. The second-order valence-electron chi connectivity index (χ2n) is 19.3. The SMILES string of the molecule is CC[C@@H]1[C@@H]2CN(C(=O)[C@H](C(C)(C)C)NC(=O)O[C@]3(C)CCC[C@H]3CCCCCc3nc4ccc(OC)cc4nc3O2)[C@@H]1C(=O)N[C@]1(C(=O)NS(=O)(=O)C2(C)CC2)C[C@H]1C(F)F. The monoisotopic (exact) mass is 874 g/mol. The number of amides is 4. The standard InChI is InChI=1S/C43H60F2N6O9S/c1-8-26-31-23-51(32(26)35(52)49-43(22-27(43)34(44)45)38(54)50-61(56,57)41(5)19-20-41)37(53)33(40(2,3)4)48-39(55)60-42(6)18-12-14-24(42)13-10-9-11-15-29-36(59-31)47-30-21-25(58-7)16-17-28(30)46-29/h16-17,21,24,26-27,31-34H,8-15,18-20,22-23H2,1-7H3,(H,48,55)(H,49,52)(H,50,54)/t24-,26-,27+,31+,32+,33-,42-,43-/m1/s1. The number of fused-ring (bicyclic) bond motifs is 5. The molecule has 0 spiro atoms. The van der Waals surface area contributed by atoms with Crippen LogP contribution in [0.2, 0.25) is 0 Å². The first kappa shape index (κ1) is 44.7. The Morgan fingerprint density at radius 2 is 1.77 bits per heavy atom. The van der Waals surface area contributed by atoms with Gasteiger partial charge in [-0.05, 0) is 102 Å². The number of methoxy groups -OCH3 is 1. The third-order valence-electron chi connectivity index (χ3n) is 13.9. The average molecular weight is 875 g/mol. The van der Waals surface area contributed by atoms with Gasteiger partial charge in [-0.2, -0.15) is 0 Å². The molecule has 15 nitrogen and oxygen atoms in total. The van der Waals surface area contributed by atoms with Crippen LogP contribution in [0.3, 0.4) is 0 Å². The molecule has 0 unspecified atom stereocenters. The number of carbonyl (C=O) groups excluding carboxylic acids is 4. The van der Waals surface area contributed by atoms with Crippen LogP contribution in [0.5, 0.6) is 11.6 Å². The fourth-order valence-corrected chi connectivity index (χ4v) is 10.9. The first-order chi connectivity index (χ1) is 28.6. The smallest absolute Gasteiger partial charge is 0.408 e. The molecule has 3 saturated carbocycles. The van der Waals surface area contributed by atoms with Gasteiger partial charge >= 0.3 is 6.09 Å². The number of hydrogen-bond acceptors (Lipinski definition) is 11. The maximum atomic E-state index is 15.1. The lowest BCUT2D eigenvalue weighted by atomic mass is 9.85. The van der Waals surface area contributed by atoms with Gasteiger partial charge in [-0.15, -0.1) is 0 Å². The Kier molecular flexibility index (Phi) is 12.0. The highest BCUT2D eigenvalue weighted by atomic mass is 32.2. The first-order valence-electron chi connectivity index (χ1n) is 21.6. The number of aryl methyl sites for hydroxylation is 1. The van der Waals surface area contributed by atoms with Crippen LogP contribution >= 0.6 is 0 Å². The Labute approximate surface area is 356 Å². The van der Waals surface area contributed by atoms with E-state index in [4.69, 9.17) is 24.2 Å². The number of rotatable bonds is 8. The van der Waals surface area contributed by atoms with E-state index in [1.165, 1.54) is 11.8 Å². The molecule has 336 valence electrons. The van der Waals surface area contributed by atoms with Crippen LogP contribution in [0, 0.1) is 23.2 Å². The summed E-state index contributed by atoms with van der Waals surface area (Å²) in [4.78, 5) is 68.6. The Balaban J connectivity index is 1.29. The van der Waals surface area contributed by atoms with Gasteiger partial charge in [0, 0.05) is 12.0 Å². The van der Waals surface area contributed by atoms with E-state index in [1.54, 1.807) is 46.9 Å². The summed E-state index contributed by atoms with van der Waals surface area (Å²) in [5, 5.41) is 5.36. The molecule has 1 saturated heterocycles. The zero-order valence-corrected chi connectivity index (χ0v) is 37.0. The molecular weight excluding hydrogens is 815 g/mol. The van der Waals surface area contributed by atoms with E-state index in [1.807, 2.05) is 17.7 Å². The lowest BCUT2D eigenvalue weighted by Crippen LogP contribution is -2.61. The minimum Gasteiger partial charge on any atom is -0.497 e.